The van der Waals surface area contributed by atoms with E-state index in [9.17, 15) is 9.59 Å². The predicted octanol–water partition coefficient (Wildman–Crippen LogP) is 4.20. The van der Waals surface area contributed by atoms with Crippen molar-refractivity contribution in [1.82, 2.24) is 4.90 Å². The lowest BCUT2D eigenvalue weighted by molar-refractivity contribution is -0.139. The molecule has 3 rings (SSSR count). The molecule has 7 nitrogen and oxygen atoms in total. The normalized spacial score (nSPS) is 13.6. The minimum atomic E-state index is -0.648. The van der Waals surface area contributed by atoms with Crippen LogP contribution in [0.3, 0.4) is 0 Å². The summed E-state index contributed by atoms with van der Waals surface area (Å²) in [5.41, 5.74) is 2.42. The Balaban J connectivity index is 2.06. The second-order valence-corrected chi connectivity index (χ2v) is 7.34. The maximum absolute atomic E-state index is 13.0. The third-order valence-corrected chi connectivity index (χ3v) is 5.21. The predicted molar refractivity (Wildman–Crippen MR) is 124 cm³/mol. The molecule has 174 valence electrons. The van der Waals surface area contributed by atoms with Gasteiger partial charge in [0.25, 0.3) is 0 Å². The van der Waals surface area contributed by atoms with E-state index in [0.29, 0.717) is 23.4 Å². The number of nitrogens with zero attached hydrogens (tertiary/aromatic N) is 1. The van der Waals surface area contributed by atoms with Crippen LogP contribution >= 0.6 is 0 Å². The van der Waals surface area contributed by atoms with Gasteiger partial charge in [-0.1, -0.05) is 24.3 Å². The standard InChI is InChI=1S/C26H29NO6/c1-5-32-25(28)22-16-27(15-18-10-12-20(30-3)13-11-18)17-23(26(29)33-6-2)24(22)19-8-7-9-21(14-19)31-4/h7-14,16-17,24H,5-6,15H2,1-4H3. The fraction of sp³-hybridized carbons (Fsp3) is 0.308. The topological polar surface area (TPSA) is 74.3 Å². The fourth-order valence-electron chi connectivity index (χ4n) is 3.69. The largest absolute Gasteiger partial charge is 0.497 e. The lowest BCUT2D eigenvalue weighted by Crippen LogP contribution is -2.29. The molecule has 2 aromatic carbocycles. The van der Waals surface area contributed by atoms with E-state index in [1.165, 1.54) is 0 Å². The van der Waals surface area contributed by atoms with E-state index >= 15 is 0 Å². The lowest BCUT2D eigenvalue weighted by atomic mass is 9.83. The van der Waals surface area contributed by atoms with Crippen LogP contribution in [0.4, 0.5) is 0 Å². The SMILES string of the molecule is CCOC(=O)C1=CN(Cc2ccc(OC)cc2)C=C(C(=O)OCC)C1c1cccc(OC)c1. The zero-order chi connectivity index (χ0) is 23.8. The van der Waals surface area contributed by atoms with Crippen molar-refractivity contribution in [1.29, 1.82) is 0 Å². The maximum atomic E-state index is 13.0. The highest BCUT2D eigenvalue weighted by molar-refractivity contribution is 5.98. The second-order valence-electron chi connectivity index (χ2n) is 7.34. The molecule has 0 aromatic heterocycles. The van der Waals surface area contributed by atoms with Gasteiger partial charge in [0.1, 0.15) is 11.5 Å². The quantitative estimate of drug-likeness (QED) is 0.529. The van der Waals surface area contributed by atoms with Crippen LogP contribution in [0.5, 0.6) is 11.5 Å². The van der Waals surface area contributed by atoms with Crippen LogP contribution in [0.15, 0.2) is 72.1 Å². The Morgan fingerprint density at radius 3 is 1.91 bits per heavy atom. The maximum Gasteiger partial charge on any atom is 0.336 e. The molecular formula is C26H29NO6. The van der Waals surface area contributed by atoms with E-state index < -0.39 is 17.9 Å². The molecule has 0 saturated carbocycles. The van der Waals surface area contributed by atoms with Crippen molar-refractivity contribution in [2.24, 2.45) is 0 Å². The van der Waals surface area contributed by atoms with Gasteiger partial charge in [0.2, 0.25) is 0 Å². The van der Waals surface area contributed by atoms with Gasteiger partial charge < -0.3 is 23.8 Å². The summed E-state index contributed by atoms with van der Waals surface area (Å²) in [4.78, 5) is 27.8. The highest BCUT2D eigenvalue weighted by atomic mass is 16.5. The minimum absolute atomic E-state index is 0.220. The van der Waals surface area contributed by atoms with Crippen LogP contribution in [-0.4, -0.2) is 44.3 Å². The highest BCUT2D eigenvalue weighted by Crippen LogP contribution is 2.38. The number of ether oxygens (including phenoxy) is 4. The summed E-state index contributed by atoms with van der Waals surface area (Å²) >= 11 is 0. The van der Waals surface area contributed by atoms with E-state index in [1.54, 1.807) is 45.4 Å². The fourth-order valence-corrected chi connectivity index (χ4v) is 3.69. The third kappa shape index (κ3) is 5.74. The number of esters is 2. The molecule has 0 unspecified atom stereocenters. The van der Waals surface area contributed by atoms with Crippen molar-refractivity contribution in [3.05, 3.63) is 83.2 Å². The first-order valence-corrected chi connectivity index (χ1v) is 10.8. The Bertz CT molecular complexity index is 1010. The molecule has 0 N–H and O–H groups in total. The molecule has 0 fully saturated rings. The van der Waals surface area contributed by atoms with Crippen LogP contribution in [0.2, 0.25) is 0 Å². The van der Waals surface area contributed by atoms with Gasteiger partial charge in [0.05, 0.1) is 44.5 Å². The molecule has 0 radical (unpaired) electrons. The van der Waals surface area contributed by atoms with Crippen LogP contribution in [0.25, 0.3) is 0 Å². The molecule has 0 spiro atoms. The molecule has 33 heavy (non-hydrogen) atoms. The Kier molecular flexibility index (Phi) is 8.13. The summed E-state index contributed by atoms with van der Waals surface area (Å²) in [6.07, 6.45) is 3.46. The first-order valence-electron chi connectivity index (χ1n) is 10.8. The molecule has 0 amide bonds. The molecular weight excluding hydrogens is 422 g/mol. The molecule has 0 bridgehead atoms. The number of hydrogen-bond donors (Lipinski definition) is 0. The summed E-state index contributed by atoms with van der Waals surface area (Å²) in [5, 5.41) is 0. The van der Waals surface area contributed by atoms with E-state index in [-0.39, 0.29) is 13.2 Å². The van der Waals surface area contributed by atoms with Gasteiger partial charge in [-0.2, -0.15) is 0 Å². The van der Waals surface area contributed by atoms with E-state index in [2.05, 4.69) is 0 Å². The van der Waals surface area contributed by atoms with Gasteiger partial charge in [-0.25, -0.2) is 9.59 Å². The first-order chi connectivity index (χ1) is 16.0. The third-order valence-electron chi connectivity index (χ3n) is 5.21. The zero-order valence-electron chi connectivity index (χ0n) is 19.4. The number of rotatable bonds is 9. The summed E-state index contributed by atoms with van der Waals surface area (Å²) in [7, 11) is 3.18. The molecule has 0 aliphatic carbocycles. The van der Waals surface area contributed by atoms with Crippen molar-refractivity contribution < 1.29 is 28.5 Å². The average Bonchev–Trinajstić information content (AvgIpc) is 2.84. The van der Waals surface area contributed by atoms with Crippen LogP contribution in [-0.2, 0) is 25.6 Å². The van der Waals surface area contributed by atoms with E-state index in [0.717, 1.165) is 16.9 Å². The number of benzene rings is 2. The van der Waals surface area contributed by atoms with Crippen molar-refractivity contribution in [2.75, 3.05) is 27.4 Å². The molecule has 0 atom stereocenters. The molecule has 1 aliphatic rings. The van der Waals surface area contributed by atoms with Gasteiger partial charge in [0, 0.05) is 18.9 Å². The summed E-state index contributed by atoms with van der Waals surface area (Å²) in [6, 6.07) is 14.9. The summed E-state index contributed by atoms with van der Waals surface area (Å²) < 4.78 is 21.3. The van der Waals surface area contributed by atoms with Crippen molar-refractivity contribution in [3.63, 3.8) is 0 Å². The van der Waals surface area contributed by atoms with Crippen molar-refractivity contribution >= 4 is 11.9 Å². The van der Waals surface area contributed by atoms with Crippen LogP contribution in [0, 0.1) is 0 Å². The van der Waals surface area contributed by atoms with E-state index in [1.807, 2.05) is 48.5 Å². The minimum Gasteiger partial charge on any atom is -0.497 e. The molecule has 2 aromatic rings. The number of hydrogen-bond acceptors (Lipinski definition) is 7. The highest BCUT2D eigenvalue weighted by Gasteiger charge is 2.35. The molecule has 1 aliphatic heterocycles. The smallest absolute Gasteiger partial charge is 0.336 e. The van der Waals surface area contributed by atoms with Crippen LogP contribution in [0.1, 0.15) is 30.9 Å². The van der Waals surface area contributed by atoms with Crippen molar-refractivity contribution in [3.8, 4) is 11.5 Å². The van der Waals surface area contributed by atoms with Gasteiger partial charge in [-0.3, -0.25) is 0 Å². The van der Waals surface area contributed by atoms with Gasteiger partial charge in [-0.15, -0.1) is 0 Å². The zero-order valence-corrected chi connectivity index (χ0v) is 19.4. The first kappa shape index (κ1) is 23.9. The van der Waals surface area contributed by atoms with Crippen molar-refractivity contribution in [2.45, 2.75) is 26.3 Å². The summed E-state index contributed by atoms with van der Waals surface area (Å²) in [6.45, 7) is 4.38. The van der Waals surface area contributed by atoms with E-state index in [4.69, 9.17) is 18.9 Å². The Morgan fingerprint density at radius 1 is 0.818 bits per heavy atom. The average molecular weight is 452 g/mol. The lowest BCUT2D eigenvalue weighted by Gasteiger charge is -2.30. The number of carbonyl (C=O) groups is 2. The number of carbonyl (C=O) groups excluding carboxylic acids is 2. The molecule has 7 heteroatoms. The van der Waals surface area contributed by atoms with Gasteiger partial charge >= 0.3 is 11.9 Å². The molecule has 1 heterocycles. The Labute approximate surface area is 194 Å². The second kappa shape index (κ2) is 11.2. The Morgan fingerprint density at radius 2 is 1.39 bits per heavy atom. The van der Waals surface area contributed by atoms with Crippen LogP contribution < -0.4 is 9.47 Å². The number of methoxy groups -OCH3 is 2. The van der Waals surface area contributed by atoms with Gasteiger partial charge in [-0.05, 0) is 49.2 Å². The monoisotopic (exact) mass is 451 g/mol. The summed E-state index contributed by atoms with van der Waals surface area (Å²) in [5.74, 6) is -0.245. The Hall–Kier alpha value is -3.74. The molecule has 0 saturated heterocycles. The van der Waals surface area contributed by atoms with Gasteiger partial charge in [0.15, 0.2) is 0 Å².